The minimum Gasteiger partial charge on any atom is -0.493 e. The number of halogens is 1. The minimum atomic E-state index is -4.13. The quantitative estimate of drug-likeness (QED) is 0.158. The predicted molar refractivity (Wildman–Crippen MR) is 176 cm³/mol. The number of allylic oxidation sites excluding steroid dienone is 4. The Bertz CT molecular complexity index is 1600. The Morgan fingerprint density at radius 1 is 0.886 bits per heavy atom. The lowest BCUT2D eigenvalue weighted by Crippen LogP contribution is -2.44. The molecule has 0 N–H and O–H groups in total. The number of hydrogen-bond acceptors (Lipinski definition) is 8. The van der Waals surface area contributed by atoms with E-state index in [-0.39, 0.29) is 38.8 Å². The maximum absolute atomic E-state index is 14.1. The highest BCUT2D eigenvalue weighted by atomic mass is 127. The summed E-state index contributed by atoms with van der Waals surface area (Å²) in [4.78, 5) is 30.4. The summed E-state index contributed by atoms with van der Waals surface area (Å²) in [6.45, 7) is 9.67. The van der Waals surface area contributed by atoms with Crippen LogP contribution in [0.3, 0.4) is 0 Å². The molecule has 1 heterocycles. The molecular weight excluding hydrogens is 693 g/mol. The van der Waals surface area contributed by atoms with Crippen molar-refractivity contribution in [2.24, 2.45) is 10.8 Å². The molecule has 0 bridgehead atoms. The Morgan fingerprint density at radius 2 is 1.45 bits per heavy atom. The molecule has 8 nitrogen and oxygen atoms in total. The normalized spacial score (nSPS) is 20.0. The fraction of sp³-hybridized carbons (Fsp3) is 0.471. The van der Waals surface area contributed by atoms with E-state index in [0.717, 1.165) is 17.8 Å². The summed E-state index contributed by atoms with van der Waals surface area (Å²) >= 11 is 2.04. The van der Waals surface area contributed by atoms with Crippen molar-refractivity contribution in [3.05, 3.63) is 74.1 Å². The lowest BCUT2D eigenvalue weighted by molar-refractivity contribution is -0.119. The van der Waals surface area contributed by atoms with Gasteiger partial charge in [-0.25, -0.2) is 0 Å². The van der Waals surface area contributed by atoms with Crippen LogP contribution in [0.5, 0.6) is 11.5 Å². The van der Waals surface area contributed by atoms with Gasteiger partial charge in [-0.3, -0.25) is 9.59 Å². The van der Waals surface area contributed by atoms with Crippen molar-refractivity contribution < 1.29 is 31.7 Å². The predicted octanol–water partition coefficient (Wildman–Crippen LogP) is 6.79. The van der Waals surface area contributed by atoms with Gasteiger partial charge in [-0.1, -0.05) is 45.9 Å². The van der Waals surface area contributed by atoms with Gasteiger partial charge in [0.05, 0.1) is 10.7 Å². The molecule has 0 saturated heterocycles. The van der Waals surface area contributed by atoms with Crippen LogP contribution in [-0.4, -0.2) is 52.3 Å². The monoisotopic (exact) mass is 733 g/mol. The van der Waals surface area contributed by atoms with Gasteiger partial charge in [0.25, 0.3) is 0 Å². The van der Waals surface area contributed by atoms with Crippen LogP contribution in [0, 0.1) is 14.4 Å². The molecule has 44 heavy (non-hydrogen) atoms. The van der Waals surface area contributed by atoms with Gasteiger partial charge in [-0.2, -0.15) is 8.42 Å². The minimum absolute atomic E-state index is 0.0261. The topological polar surface area (TPSA) is 99.2 Å². The molecule has 5 rings (SSSR count). The molecule has 2 aliphatic carbocycles. The molecule has 0 radical (unpaired) electrons. The first-order chi connectivity index (χ1) is 20.7. The fourth-order valence-electron chi connectivity index (χ4n) is 6.75. The second-order valence-corrected chi connectivity index (χ2v) is 16.1. The number of carbonyl (C=O) groups is 2. The second kappa shape index (κ2) is 12.2. The smallest absolute Gasteiger partial charge is 0.339 e. The molecule has 0 spiro atoms. The Labute approximate surface area is 274 Å². The number of rotatable bonds is 9. The fourth-order valence-corrected chi connectivity index (χ4v) is 8.61. The van der Waals surface area contributed by atoms with Gasteiger partial charge in [0.2, 0.25) is 0 Å². The molecule has 0 saturated carbocycles. The SMILES string of the molecule is COCCCN1C2=C(C(=O)CC(C)(C)C2)C(c2cc(I)c(OS(=O)(=O)c3ccccc3)c(OC)c2)C2=C1CC(C)(C)CC2=O. The molecule has 0 amide bonds. The van der Waals surface area contributed by atoms with Gasteiger partial charge in [-0.05, 0) is 82.5 Å². The lowest BCUT2D eigenvalue weighted by atomic mass is 9.63. The van der Waals surface area contributed by atoms with E-state index in [9.17, 15) is 18.0 Å². The number of hydrogen-bond donors (Lipinski definition) is 0. The zero-order chi connectivity index (χ0) is 32.0. The van der Waals surface area contributed by atoms with Crippen LogP contribution in [0.15, 0.2) is 69.9 Å². The van der Waals surface area contributed by atoms with Gasteiger partial charge in [0, 0.05) is 61.6 Å². The number of Topliss-reactive ketones (excluding diaryl/α,β-unsaturated/α-hetero) is 2. The van der Waals surface area contributed by atoms with Crippen molar-refractivity contribution in [2.45, 2.75) is 70.6 Å². The van der Waals surface area contributed by atoms with Crippen molar-refractivity contribution in [1.82, 2.24) is 4.90 Å². The van der Waals surface area contributed by atoms with E-state index in [4.69, 9.17) is 13.7 Å². The largest absolute Gasteiger partial charge is 0.493 e. The first-order valence-electron chi connectivity index (χ1n) is 14.8. The number of ether oxygens (including phenoxy) is 2. The van der Waals surface area contributed by atoms with Gasteiger partial charge < -0.3 is 18.6 Å². The number of carbonyl (C=O) groups excluding carboxylic acids is 2. The third-order valence-electron chi connectivity index (χ3n) is 8.56. The van der Waals surface area contributed by atoms with Gasteiger partial charge >= 0.3 is 10.1 Å². The molecule has 0 aromatic heterocycles. The Morgan fingerprint density at radius 3 is 1.98 bits per heavy atom. The van der Waals surface area contributed by atoms with E-state index in [1.54, 1.807) is 31.4 Å². The summed E-state index contributed by atoms with van der Waals surface area (Å²) in [6, 6.07) is 11.5. The van der Waals surface area contributed by atoms with Crippen molar-refractivity contribution >= 4 is 44.3 Å². The number of nitrogens with zero attached hydrogens (tertiary/aromatic N) is 1. The highest BCUT2D eigenvalue weighted by Gasteiger charge is 2.49. The average molecular weight is 734 g/mol. The molecule has 0 atom stereocenters. The van der Waals surface area contributed by atoms with E-state index in [0.29, 0.717) is 59.1 Å². The Kier molecular flexibility index (Phi) is 9.10. The van der Waals surface area contributed by atoms with E-state index in [1.807, 2.05) is 28.7 Å². The molecule has 2 aromatic carbocycles. The number of ketones is 2. The van der Waals surface area contributed by atoms with E-state index in [2.05, 4.69) is 32.6 Å². The Balaban J connectivity index is 1.69. The summed E-state index contributed by atoms with van der Waals surface area (Å²) in [5.74, 6) is -0.252. The van der Waals surface area contributed by atoms with E-state index >= 15 is 0 Å². The van der Waals surface area contributed by atoms with Crippen molar-refractivity contribution in [3.8, 4) is 11.5 Å². The van der Waals surface area contributed by atoms with Crippen LogP contribution in [0.2, 0.25) is 0 Å². The van der Waals surface area contributed by atoms with Crippen LogP contribution in [0.4, 0.5) is 0 Å². The van der Waals surface area contributed by atoms with Crippen LogP contribution in [0.25, 0.3) is 0 Å². The zero-order valence-electron chi connectivity index (χ0n) is 26.2. The highest BCUT2D eigenvalue weighted by Crippen LogP contribution is 2.55. The average Bonchev–Trinajstić information content (AvgIpc) is 2.93. The summed E-state index contributed by atoms with van der Waals surface area (Å²) < 4.78 is 43.5. The van der Waals surface area contributed by atoms with Crippen molar-refractivity contribution in [1.29, 1.82) is 0 Å². The van der Waals surface area contributed by atoms with Gasteiger partial charge in [0.1, 0.15) is 4.90 Å². The summed E-state index contributed by atoms with van der Waals surface area (Å²) in [6.07, 6.45) is 2.91. The number of methoxy groups -OCH3 is 2. The number of benzene rings is 2. The summed E-state index contributed by atoms with van der Waals surface area (Å²) in [5, 5.41) is 0. The molecule has 10 heteroatoms. The van der Waals surface area contributed by atoms with Crippen LogP contribution in [0.1, 0.15) is 71.3 Å². The standard InChI is InChI=1S/C34H40INO7S/c1-33(2)17-24-30(26(37)19-33)29(31-25(36(24)13-10-14-41-5)18-34(3,4)20-27(31)38)21-15-23(35)32(28(16-21)42-6)43-44(39,40)22-11-8-7-9-12-22/h7-9,11-12,15-16,29H,10,13-14,17-20H2,1-6H3. The first-order valence-corrected chi connectivity index (χ1v) is 17.3. The zero-order valence-corrected chi connectivity index (χ0v) is 29.1. The van der Waals surface area contributed by atoms with Crippen LogP contribution >= 0.6 is 22.6 Å². The van der Waals surface area contributed by atoms with Crippen molar-refractivity contribution in [2.75, 3.05) is 27.4 Å². The summed E-state index contributed by atoms with van der Waals surface area (Å²) in [5.41, 5.74) is 3.47. The third kappa shape index (κ3) is 6.35. The van der Waals surface area contributed by atoms with Crippen molar-refractivity contribution in [3.63, 3.8) is 0 Å². The summed E-state index contributed by atoms with van der Waals surface area (Å²) in [7, 11) is -1.01. The molecule has 0 fully saturated rings. The van der Waals surface area contributed by atoms with Gasteiger partial charge in [-0.15, -0.1) is 0 Å². The highest BCUT2D eigenvalue weighted by molar-refractivity contribution is 14.1. The van der Waals surface area contributed by atoms with E-state index < -0.39 is 16.0 Å². The lowest BCUT2D eigenvalue weighted by Gasteiger charge is -2.49. The molecule has 2 aromatic rings. The molecular formula is C34H40INO7S. The van der Waals surface area contributed by atoms with Gasteiger partial charge in [0.15, 0.2) is 23.1 Å². The molecule has 0 unspecified atom stereocenters. The van der Waals surface area contributed by atoms with Crippen LogP contribution in [-0.2, 0) is 24.4 Å². The third-order valence-corrected chi connectivity index (χ3v) is 10.6. The van der Waals surface area contributed by atoms with Crippen LogP contribution < -0.4 is 8.92 Å². The molecule has 1 aliphatic heterocycles. The maximum atomic E-state index is 14.1. The maximum Gasteiger partial charge on any atom is 0.339 e. The Hall–Kier alpha value is -2.70. The molecule has 3 aliphatic rings. The molecule has 236 valence electrons. The van der Waals surface area contributed by atoms with E-state index in [1.165, 1.54) is 19.2 Å². The second-order valence-electron chi connectivity index (χ2n) is 13.4. The first kappa shape index (κ1) is 32.7.